The molecular formula is C25H24FN5O2S. The first-order valence-electron chi connectivity index (χ1n) is 10.9. The van der Waals surface area contributed by atoms with Crippen molar-refractivity contribution in [2.45, 2.75) is 17.0 Å². The Bertz CT molecular complexity index is 1390. The fourth-order valence-corrected chi connectivity index (χ4v) is 5.79. The molecule has 2 aromatic heterocycles. The van der Waals surface area contributed by atoms with Crippen molar-refractivity contribution in [3.63, 3.8) is 0 Å². The van der Waals surface area contributed by atoms with Crippen LogP contribution in [0.3, 0.4) is 0 Å². The zero-order valence-electron chi connectivity index (χ0n) is 18.5. The first-order chi connectivity index (χ1) is 16.4. The van der Waals surface area contributed by atoms with Gasteiger partial charge in [-0.15, -0.1) is 0 Å². The Labute approximate surface area is 198 Å². The van der Waals surface area contributed by atoms with Crippen LogP contribution < -0.4 is 5.32 Å². The smallest absolute Gasteiger partial charge is 0.262 e. The second kappa shape index (κ2) is 9.00. The molecule has 3 heterocycles. The average Bonchev–Trinajstić information content (AvgIpc) is 3.48. The van der Waals surface area contributed by atoms with Crippen molar-refractivity contribution in [1.82, 2.24) is 18.8 Å². The van der Waals surface area contributed by atoms with E-state index in [0.717, 1.165) is 22.5 Å². The van der Waals surface area contributed by atoms with Crippen molar-refractivity contribution < 1.29 is 12.8 Å². The molecule has 1 fully saturated rings. The van der Waals surface area contributed by atoms with E-state index in [9.17, 15) is 12.8 Å². The van der Waals surface area contributed by atoms with Gasteiger partial charge in [-0.3, -0.25) is 4.98 Å². The summed E-state index contributed by atoms with van der Waals surface area (Å²) < 4.78 is 43.2. The minimum absolute atomic E-state index is 0.0191. The Balaban J connectivity index is 1.46. The number of sulfonamides is 1. The summed E-state index contributed by atoms with van der Waals surface area (Å²) >= 11 is 0. The molecule has 0 radical (unpaired) electrons. The number of nitrogens with zero attached hydrogens (tertiary/aromatic N) is 4. The second-order valence-electron chi connectivity index (χ2n) is 8.40. The highest BCUT2D eigenvalue weighted by molar-refractivity contribution is 7.89. The van der Waals surface area contributed by atoms with Crippen LogP contribution in [0.4, 0.5) is 10.1 Å². The lowest BCUT2D eigenvalue weighted by Gasteiger charge is -2.21. The van der Waals surface area contributed by atoms with Crippen LogP contribution in [-0.2, 0) is 17.1 Å². The third kappa shape index (κ3) is 4.44. The molecule has 34 heavy (non-hydrogen) atoms. The van der Waals surface area contributed by atoms with E-state index in [4.69, 9.17) is 0 Å². The van der Waals surface area contributed by atoms with Crippen LogP contribution in [-0.4, -0.2) is 46.4 Å². The summed E-state index contributed by atoms with van der Waals surface area (Å²) in [5, 5.41) is 3.54. The van der Waals surface area contributed by atoms with Crippen molar-refractivity contribution in [2.75, 3.05) is 18.4 Å². The van der Waals surface area contributed by atoms with Gasteiger partial charge in [-0.1, -0.05) is 30.3 Å². The SMILES string of the molecule is Cn1cnc(S(=O)(=O)N2C[C@H](Nc3cccc(-c4ccccn4)c3)[C@@H](c3ccc(F)cc3)C2)c1. The average molecular weight is 478 g/mol. The van der Waals surface area contributed by atoms with Gasteiger partial charge in [-0.25, -0.2) is 17.8 Å². The van der Waals surface area contributed by atoms with Gasteiger partial charge < -0.3 is 9.88 Å². The molecule has 2 aromatic carbocycles. The van der Waals surface area contributed by atoms with E-state index in [-0.39, 0.29) is 35.9 Å². The van der Waals surface area contributed by atoms with E-state index in [2.05, 4.69) is 15.3 Å². The van der Waals surface area contributed by atoms with Crippen LogP contribution in [0.1, 0.15) is 11.5 Å². The zero-order chi connectivity index (χ0) is 23.7. The number of aromatic nitrogens is 3. The van der Waals surface area contributed by atoms with Crippen molar-refractivity contribution in [2.24, 2.45) is 7.05 Å². The number of nitrogens with one attached hydrogen (secondary N) is 1. The van der Waals surface area contributed by atoms with E-state index in [1.54, 1.807) is 29.9 Å². The molecule has 0 unspecified atom stereocenters. The molecule has 1 aliphatic heterocycles. The van der Waals surface area contributed by atoms with Crippen molar-refractivity contribution in [3.05, 3.63) is 96.8 Å². The molecule has 174 valence electrons. The number of pyridine rings is 1. The van der Waals surface area contributed by atoms with Gasteiger partial charge in [0.2, 0.25) is 0 Å². The molecule has 7 nitrogen and oxygen atoms in total. The predicted molar refractivity (Wildman–Crippen MR) is 128 cm³/mol. The van der Waals surface area contributed by atoms with Gasteiger partial charge in [-0.2, -0.15) is 4.31 Å². The number of hydrogen-bond acceptors (Lipinski definition) is 5. The minimum Gasteiger partial charge on any atom is -0.380 e. The Morgan fingerprint density at radius 1 is 1.00 bits per heavy atom. The van der Waals surface area contributed by atoms with Gasteiger partial charge in [-0.05, 0) is 42.0 Å². The largest absolute Gasteiger partial charge is 0.380 e. The molecule has 1 aliphatic rings. The standard InChI is InChI=1S/C25H24FN5O2S/c1-30-16-25(28-17-30)34(32,33)31-14-22(18-8-10-20(26)11-9-18)24(15-31)29-21-6-4-5-19(13-21)23-7-2-3-12-27-23/h2-13,16-17,22,24,29H,14-15H2,1H3/t22-,24+/m1/s1. The summed E-state index contributed by atoms with van der Waals surface area (Å²) in [4.78, 5) is 8.46. The van der Waals surface area contributed by atoms with Gasteiger partial charge >= 0.3 is 0 Å². The number of benzene rings is 2. The Kier molecular flexibility index (Phi) is 5.89. The van der Waals surface area contributed by atoms with Crippen LogP contribution >= 0.6 is 0 Å². The molecule has 0 amide bonds. The van der Waals surface area contributed by atoms with Crippen molar-refractivity contribution in [1.29, 1.82) is 0 Å². The van der Waals surface area contributed by atoms with E-state index in [1.807, 2.05) is 42.5 Å². The van der Waals surface area contributed by atoms with E-state index >= 15 is 0 Å². The van der Waals surface area contributed by atoms with Crippen molar-refractivity contribution >= 4 is 15.7 Å². The maximum absolute atomic E-state index is 13.6. The number of imidazole rings is 1. The molecule has 4 aromatic rings. The zero-order valence-corrected chi connectivity index (χ0v) is 19.4. The van der Waals surface area contributed by atoms with Crippen LogP contribution in [0, 0.1) is 5.82 Å². The van der Waals surface area contributed by atoms with Crippen molar-refractivity contribution in [3.8, 4) is 11.3 Å². The van der Waals surface area contributed by atoms with Gasteiger partial charge in [0.25, 0.3) is 10.0 Å². The summed E-state index contributed by atoms with van der Waals surface area (Å²) in [5.74, 6) is -0.495. The molecule has 2 atom stereocenters. The van der Waals surface area contributed by atoms with E-state index in [1.165, 1.54) is 29.0 Å². The molecule has 9 heteroatoms. The third-order valence-corrected chi connectivity index (χ3v) is 7.76. The summed E-state index contributed by atoms with van der Waals surface area (Å²) in [6.45, 7) is 0.525. The number of aryl methyl sites for hydroxylation is 1. The monoisotopic (exact) mass is 477 g/mol. The molecule has 1 saturated heterocycles. The highest BCUT2D eigenvalue weighted by Gasteiger charge is 2.41. The summed E-state index contributed by atoms with van der Waals surface area (Å²) in [6, 6.07) is 19.6. The fourth-order valence-electron chi connectivity index (χ4n) is 4.33. The normalized spacial score (nSPS) is 18.8. The molecule has 0 saturated carbocycles. The number of anilines is 1. The predicted octanol–water partition coefficient (Wildman–Crippen LogP) is 3.89. The van der Waals surface area contributed by atoms with Gasteiger partial charge in [0, 0.05) is 55.7 Å². The quantitative estimate of drug-likeness (QED) is 0.456. The van der Waals surface area contributed by atoms with Gasteiger partial charge in [0.05, 0.1) is 12.0 Å². The lowest BCUT2D eigenvalue weighted by atomic mass is 9.94. The van der Waals surface area contributed by atoms with E-state index < -0.39 is 10.0 Å². The van der Waals surface area contributed by atoms with Crippen LogP contribution in [0.2, 0.25) is 0 Å². The molecule has 0 spiro atoms. The molecular weight excluding hydrogens is 453 g/mol. The third-order valence-electron chi connectivity index (χ3n) is 6.05. The first kappa shape index (κ1) is 22.2. The van der Waals surface area contributed by atoms with Crippen LogP contribution in [0.15, 0.2) is 90.5 Å². The van der Waals surface area contributed by atoms with Gasteiger partial charge in [0.1, 0.15) is 5.82 Å². The Morgan fingerprint density at radius 3 is 2.53 bits per heavy atom. The van der Waals surface area contributed by atoms with Gasteiger partial charge in [0.15, 0.2) is 5.03 Å². The molecule has 0 aliphatic carbocycles. The highest BCUT2D eigenvalue weighted by Crippen LogP contribution is 2.34. The highest BCUT2D eigenvalue weighted by atomic mass is 32.2. The second-order valence-corrected chi connectivity index (χ2v) is 10.3. The first-order valence-corrected chi connectivity index (χ1v) is 12.4. The lowest BCUT2D eigenvalue weighted by Crippen LogP contribution is -2.32. The summed E-state index contributed by atoms with van der Waals surface area (Å²) in [5.41, 5.74) is 3.54. The van der Waals surface area contributed by atoms with Crippen LogP contribution in [0.5, 0.6) is 0 Å². The number of hydrogen-bond donors (Lipinski definition) is 1. The lowest BCUT2D eigenvalue weighted by molar-refractivity contribution is 0.468. The van der Waals surface area contributed by atoms with Crippen LogP contribution in [0.25, 0.3) is 11.3 Å². The fraction of sp³-hybridized carbons (Fsp3) is 0.200. The Hall–Kier alpha value is -3.56. The topological polar surface area (TPSA) is 80.1 Å². The summed E-state index contributed by atoms with van der Waals surface area (Å²) in [7, 11) is -2.03. The number of rotatable bonds is 6. The number of halogens is 1. The maximum Gasteiger partial charge on any atom is 0.262 e. The maximum atomic E-state index is 13.6. The Morgan fingerprint density at radius 2 is 1.82 bits per heavy atom. The van der Waals surface area contributed by atoms with E-state index in [0.29, 0.717) is 0 Å². The molecule has 0 bridgehead atoms. The minimum atomic E-state index is -3.77. The summed E-state index contributed by atoms with van der Waals surface area (Å²) in [6.07, 6.45) is 4.72. The molecule has 1 N–H and O–H groups in total. The molecule has 5 rings (SSSR count).